The van der Waals surface area contributed by atoms with Gasteiger partial charge in [-0.05, 0) is 49.1 Å². The third-order valence-corrected chi connectivity index (χ3v) is 5.97. The van der Waals surface area contributed by atoms with Crippen molar-refractivity contribution in [3.63, 3.8) is 0 Å². The zero-order valence-corrected chi connectivity index (χ0v) is 17.1. The lowest BCUT2D eigenvalue weighted by atomic mass is 9.82. The van der Waals surface area contributed by atoms with Gasteiger partial charge in [0.2, 0.25) is 0 Å². The lowest BCUT2D eigenvalue weighted by molar-refractivity contribution is 0.000258. The summed E-state index contributed by atoms with van der Waals surface area (Å²) in [5.41, 5.74) is 9.61. The van der Waals surface area contributed by atoms with E-state index in [4.69, 9.17) is 4.74 Å². The number of amides is 1. The first-order chi connectivity index (χ1) is 14.1. The maximum atomic E-state index is 12.7. The molecule has 1 saturated carbocycles. The van der Waals surface area contributed by atoms with Gasteiger partial charge in [-0.3, -0.25) is 10.2 Å². The summed E-state index contributed by atoms with van der Waals surface area (Å²) in [4.78, 5) is 14.7. The van der Waals surface area contributed by atoms with Crippen molar-refractivity contribution in [2.45, 2.75) is 44.2 Å². The van der Waals surface area contributed by atoms with Crippen molar-refractivity contribution in [2.24, 2.45) is 5.92 Å². The number of benzene rings is 2. The molecule has 1 amide bonds. The van der Waals surface area contributed by atoms with Gasteiger partial charge in [0.15, 0.2) is 0 Å². The standard InChI is InChI=1S/C23H30N4O2/c1-27(2)18-10-8-17(9-11-18)23(28)24-22-20-13-12-19(14-21(20)25-26-22)29-15-16-6-4-3-5-7-16/h3-11,19-22,25-26H,12-15H2,1-2H3,(H,24,28). The van der Waals surface area contributed by atoms with E-state index in [0.29, 0.717) is 24.1 Å². The van der Waals surface area contributed by atoms with Crippen LogP contribution in [0.5, 0.6) is 0 Å². The number of hydrogen-bond acceptors (Lipinski definition) is 5. The number of fused-ring (bicyclic) bond motifs is 1. The van der Waals surface area contributed by atoms with Gasteiger partial charge in [0.25, 0.3) is 5.91 Å². The zero-order chi connectivity index (χ0) is 20.2. The molecule has 0 spiro atoms. The summed E-state index contributed by atoms with van der Waals surface area (Å²) in [6.45, 7) is 0.652. The van der Waals surface area contributed by atoms with Crippen LogP contribution in [0, 0.1) is 5.92 Å². The summed E-state index contributed by atoms with van der Waals surface area (Å²) in [6, 6.07) is 18.3. The molecule has 2 fully saturated rings. The van der Waals surface area contributed by atoms with Gasteiger partial charge in [0, 0.05) is 37.3 Å². The molecule has 4 unspecified atom stereocenters. The average molecular weight is 395 g/mol. The summed E-state index contributed by atoms with van der Waals surface area (Å²) >= 11 is 0. The van der Waals surface area contributed by atoms with Crippen LogP contribution in [0.4, 0.5) is 5.69 Å². The summed E-state index contributed by atoms with van der Waals surface area (Å²) < 4.78 is 6.13. The normalized spacial score (nSPS) is 26.0. The maximum absolute atomic E-state index is 12.7. The highest BCUT2D eigenvalue weighted by molar-refractivity contribution is 5.94. The highest BCUT2D eigenvalue weighted by Crippen LogP contribution is 2.31. The molecule has 4 rings (SSSR count). The molecule has 1 aliphatic heterocycles. The van der Waals surface area contributed by atoms with Crippen LogP contribution in [0.1, 0.15) is 35.2 Å². The molecule has 2 aliphatic rings. The molecule has 1 saturated heterocycles. The van der Waals surface area contributed by atoms with Crippen LogP contribution in [0.2, 0.25) is 0 Å². The lowest BCUT2D eigenvalue weighted by Crippen LogP contribution is -2.47. The Bertz CT molecular complexity index is 809. The van der Waals surface area contributed by atoms with Crippen molar-refractivity contribution in [3.8, 4) is 0 Å². The van der Waals surface area contributed by atoms with Crippen LogP contribution in [-0.2, 0) is 11.3 Å². The summed E-state index contributed by atoms with van der Waals surface area (Å²) in [6.07, 6.45) is 3.18. The zero-order valence-electron chi connectivity index (χ0n) is 17.1. The van der Waals surface area contributed by atoms with E-state index in [2.05, 4.69) is 28.3 Å². The van der Waals surface area contributed by atoms with Crippen molar-refractivity contribution in [1.29, 1.82) is 0 Å². The third kappa shape index (κ3) is 4.78. The van der Waals surface area contributed by atoms with Gasteiger partial charge in [0.1, 0.15) is 0 Å². The number of nitrogens with one attached hydrogen (secondary N) is 3. The van der Waals surface area contributed by atoms with E-state index in [1.807, 2.05) is 61.5 Å². The summed E-state index contributed by atoms with van der Waals surface area (Å²) in [7, 11) is 3.98. The SMILES string of the molecule is CN(C)c1ccc(C(=O)NC2NNC3CC(OCc4ccccc4)CCC32)cc1. The Kier molecular flexibility index (Phi) is 6.13. The Hall–Kier alpha value is -2.41. The van der Waals surface area contributed by atoms with Gasteiger partial charge in [-0.1, -0.05) is 30.3 Å². The highest BCUT2D eigenvalue weighted by Gasteiger charge is 2.41. The van der Waals surface area contributed by atoms with E-state index in [9.17, 15) is 4.79 Å². The Morgan fingerprint density at radius 1 is 1.07 bits per heavy atom. The van der Waals surface area contributed by atoms with Gasteiger partial charge in [-0.15, -0.1) is 0 Å². The molecule has 4 atom stereocenters. The summed E-state index contributed by atoms with van der Waals surface area (Å²) in [5.74, 6) is 0.328. The largest absolute Gasteiger partial charge is 0.378 e. The van der Waals surface area contributed by atoms with Gasteiger partial charge >= 0.3 is 0 Å². The Labute approximate surface area is 172 Å². The quantitative estimate of drug-likeness (QED) is 0.703. The smallest absolute Gasteiger partial charge is 0.252 e. The number of carbonyl (C=O) groups excluding carboxylic acids is 1. The first kappa shape index (κ1) is 19.9. The number of nitrogens with zero attached hydrogens (tertiary/aromatic N) is 1. The molecule has 1 aliphatic carbocycles. The number of carbonyl (C=O) groups is 1. The van der Waals surface area contributed by atoms with Crippen LogP contribution in [0.15, 0.2) is 54.6 Å². The molecule has 6 nitrogen and oxygen atoms in total. The highest BCUT2D eigenvalue weighted by atomic mass is 16.5. The van der Waals surface area contributed by atoms with Crippen molar-refractivity contribution in [2.75, 3.05) is 19.0 Å². The minimum atomic E-state index is -0.0592. The fraction of sp³-hybridized carbons (Fsp3) is 0.435. The van der Waals surface area contributed by atoms with Crippen LogP contribution in [0.25, 0.3) is 0 Å². The molecular weight excluding hydrogens is 364 g/mol. The lowest BCUT2D eigenvalue weighted by Gasteiger charge is -2.32. The molecule has 1 heterocycles. The molecule has 2 aromatic rings. The van der Waals surface area contributed by atoms with E-state index < -0.39 is 0 Å². The number of hydrazine groups is 1. The number of anilines is 1. The van der Waals surface area contributed by atoms with Gasteiger partial charge in [0.05, 0.1) is 18.9 Å². The summed E-state index contributed by atoms with van der Waals surface area (Å²) in [5, 5.41) is 3.15. The van der Waals surface area contributed by atoms with E-state index in [1.165, 1.54) is 5.56 Å². The van der Waals surface area contributed by atoms with E-state index >= 15 is 0 Å². The average Bonchev–Trinajstić information content (AvgIpc) is 3.15. The monoisotopic (exact) mass is 394 g/mol. The second kappa shape index (κ2) is 8.95. The number of ether oxygens (including phenoxy) is 1. The molecule has 29 heavy (non-hydrogen) atoms. The van der Waals surface area contributed by atoms with Crippen molar-refractivity contribution >= 4 is 11.6 Å². The first-order valence-electron chi connectivity index (χ1n) is 10.3. The first-order valence-corrected chi connectivity index (χ1v) is 10.3. The van der Waals surface area contributed by atoms with Crippen LogP contribution in [-0.4, -0.2) is 38.3 Å². The predicted molar refractivity (Wildman–Crippen MR) is 114 cm³/mol. The second-order valence-corrected chi connectivity index (χ2v) is 8.18. The molecule has 2 aromatic carbocycles. The molecule has 154 valence electrons. The fourth-order valence-electron chi connectivity index (χ4n) is 4.24. The van der Waals surface area contributed by atoms with Crippen molar-refractivity contribution < 1.29 is 9.53 Å². The van der Waals surface area contributed by atoms with Gasteiger partial charge in [-0.2, -0.15) is 0 Å². The predicted octanol–water partition coefficient (Wildman–Crippen LogP) is 2.67. The second-order valence-electron chi connectivity index (χ2n) is 8.18. The molecule has 0 bridgehead atoms. The minimum absolute atomic E-state index is 0.0438. The number of hydrogen-bond donors (Lipinski definition) is 3. The van der Waals surface area contributed by atoms with Gasteiger partial charge < -0.3 is 15.0 Å². The fourth-order valence-corrected chi connectivity index (χ4v) is 4.24. The topological polar surface area (TPSA) is 65.6 Å². The molecular formula is C23H30N4O2. The Morgan fingerprint density at radius 3 is 2.55 bits per heavy atom. The van der Waals surface area contributed by atoms with Crippen molar-refractivity contribution in [1.82, 2.24) is 16.2 Å². The van der Waals surface area contributed by atoms with Crippen LogP contribution in [0.3, 0.4) is 0 Å². The maximum Gasteiger partial charge on any atom is 0.252 e. The van der Waals surface area contributed by atoms with Crippen molar-refractivity contribution in [3.05, 3.63) is 65.7 Å². The molecule has 3 N–H and O–H groups in total. The third-order valence-electron chi connectivity index (χ3n) is 5.97. The van der Waals surface area contributed by atoms with Crippen LogP contribution >= 0.6 is 0 Å². The number of rotatable bonds is 6. The Morgan fingerprint density at radius 2 is 1.83 bits per heavy atom. The van der Waals surface area contributed by atoms with E-state index in [0.717, 1.165) is 24.9 Å². The van der Waals surface area contributed by atoms with Gasteiger partial charge in [-0.25, -0.2) is 5.43 Å². The van der Waals surface area contributed by atoms with E-state index in [1.54, 1.807) is 0 Å². The minimum Gasteiger partial charge on any atom is -0.378 e. The van der Waals surface area contributed by atoms with Crippen LogP contribution < -0.4 is 21.1 Å². The molecule has 0 radical (unpaired) electrons. The Balaban J connectivity index is 1.28. The van der Waals surface area contributed by atoms with E-state index in [-0.39, 0.29) is 18.2 Å². The molecule has 0 aromatic heterocycles. The molecule has 6 heteroatoms.